The first-order chi connectivity index (χ1) is 23.3. The molecule has 0 spiro atoms. The lowest BCUT2D eigenvalue weighted by Crippen LogP contribution is -2.67. The van der Waals surface area contributed by atoms with E-state index in [1.807, 2.05) is 0 Å². The van der Waals surface area contributed by atoms with Crippen LogP contribution >= 0.6 is 0 Å². The maximum absolute atomic E-state index is 14.3. The van der Waals surface area contributed by atoms with Crippen LogP contribution in [0.3, 0.4) is 0 Å². The van der Waals surface area contributed by atoms with E-state index in [0.717, 1.165) is 44.9 Å². The van der Waals surface area contributed by atoms with Gasteiger partial charge in [0.25, 0.3) is 0 Å². The second kappa shape index (κ2) is 15.5. The van der Waals surface area contributed by atoms with Crippen molar-refractivity contribution >= 4 is 5.91 Å². The molecule has 0 heterocycles. The molecule has 0 aromatic heterocycles. The van der Waals surface area contributed by atoms with Crippen molar-refractivity contribution in [3.05, 3.63) is 22.6 Å². The average Bonchev–Trinajstić information content (AvgIpc) is 3.46. The molecule has 278 valence electrons. The number of aliphatic hydroxyl groups excluding tert-OH is 1. The van der Waals surface area contributed by atoms with E-state index in [0.29, 0.717) is 88.7 Å². The van der Waals surface area contributed by atoms with Crippen molar-refractivity contribution in [2.75, 3.05) is 52.7 Å². The van der Waals surface area contributed by atoms with E-state index in [4.69, 9.17) is 19.7 Å². The smallest absolute Gasteiger partial charge is 0.226 e. The Morgan fingerprint density at radius 3 is 2.18 bits per heavy atom. The topological polar surface area (TPSA) is 126 Å². The second-order valence-corrected chi connectivity index (χ2v) is 18.0. The van der Waals surface area contributed by atoms with E-state index in [1.54, 1.807) is 0 Å². The van der Waals surface area contributed by atoms with Crippen molar-refractivity contribution in [3.8, 4) is 0 Å². The largest absolute Gasteiger partial charge is 0.393 e. The summed E-state index contributed by atoms with van der Waals surface area (Å²) in [5.74, 6) is 2.81. The molecule has 2 N–H and O–H groups in total. The van der Waals surface area contributed by atoms with Crippen LogP contribution in [0.1, 0.15) is 119 Å². The Bertz CT molecular complexity index is 1220. The van der Waals surface area contributed by atoms with Crippen molar-refractivity contribution < 1.29 is 24.1 Å². The summed E-state index contributed by atoms with van der Waals surface area (Å²) in [7, 11) is 0. The fourth-order valence-electron chi connectivity index (χ4n) is 12.9. The molecule has 5 saturated carbocycles. The first-order valence-electron chi connectivity index (χ1n) is 19.7. The molecule has 0 aromatic rings. The SMILES string of the molecule is C=C(C)[C@@H]1CC[C@]2(C(=O)NCCCOCCOCCOCCCN=[N+]=[N-])CC[C@]3(C)[C@H](CC[C@@H]4[C@@]5(C)CC[C@H](O)C(C)(C)[C@@H]5CC[C@]43C)[C@@H]12. The van der Waals surface area contributed by atoms with E-state index < -0.39 is 0 Å². The summed E-state index contributed by atoms with van der Waals surface area (Å²) in [6.07, 6.45) is 12.5. The van der Waals surface area contributed by atoms with Gasteiger partial charge in [0, 0.05) is 31.2 Å². The van der Waals surface area contributed by atoms with E-state index in [-0.39, 0.29) is 39.1 Å². The Morgan fingerprint density at radius 2 is 1.51 bits per heavy atom. The lowest BCUT2D eigenvalue weighted by Gasteiger charge is -2.72. The summed E-state index contributed by atoms with van der Waals surface area (Å²) in [6.45, 7) is 23.6. The van der Waals surface area contributed by atoms with Crippen molar-refractivity contribution in [1.29, 1.82) is 0 Å². The lowest BCUT2D eigenvalue weighted by atomic mass is 9.32. The molecule has 10 atom stereocenters. The molecule has 5 aliphatic rings. The van der Waals surface area contributed by atoms with Crippen LogP contribution in [0.15, 0.2) is 17.3 Å². The number of rotatable bonds is 16. The van der Waals surface area contributed by atoms with Gasteiger partial charge < -0.3 is 24.6 Å². The molecule has 0 unspecified atom stereocenters. The molecule has 0 radical (unpaired) electrons. The highest BCUT2D eigenvalue weighted by Crippen LogP contribution is 2.77. The Balaban J connectivity index is 1.15. The third kappa shape index (κ3) is 6.98. The number of fused-ring (bicyclic) bond motifs is 7. The Hall–Kier alpha value is -1.64. The number of carbonyl (C=O) groups is 1. The number of hydrogen-bond acceptors (Lipinski definition) is 6. The summed E-state index contributed by atoms with van der Waals surface area (Å²) in [5, 5.41) is 18.0. The highest BCUT2D eigenvalue weighted by atomic mass is 16.5. The van der Waals surface area contributed by atoms with Crippen LogP contribution < -0.4 is 5.32 Å². The predicted octanol–water partition coefficient (Wildman–Crippen LogP) is 8.26. The highest BCUT2D eigenvalue weighted by molar-refractivity contribution is 5.83. The third-order valence-electron chi connectivity index (χ3n) is 15.6. The van der Waals surface area contributed by atoms with Crippen molar-refractivity contribution in [1.82, 2.24) is 5.32 Å². The van der Waals surface area contributed by atoms with E-state index in [9.17, 15) is 9.90 Å². The van der Waals surface area contributed by atoms with Crippen LogP contribution in [0.25, 0.3) is 10.4 Å². The number of amides is 1. The van der Waals surface area contributed by atoms with Gasteiger partial charge in [0.05, 0.1) is 37.9 Å². The number of nitrogens with one attached hydrogen (secondary N) is 1. The van der Waals surface area contributed by atoms with Crippen molar-refractivity contribution in [3.63, 3.8) is 0 Å². The number of hydrogen-bond donors (Lipinski definition) is 2. The summed E-state index contributed by atoms with van der Waals surface area (Å²) in [5.41, 5.74) is 9.92. The molecule has 0 aromatic carbocycles. The zero-order valence-electron chi connectivity index (χ0n) is 31.7. The number of carbonyl (C=O) groups excluding carboxylic acids is 1. The van der Waals surface area contributed by atoms with E-state index in [1.165, 1.54) is 31.3 Å². The van der Waals surface area contributed by atoms with E-state index >= 15 is 0 Å². The minimum Gasteiger partial charge on any atom is -0.393 e. The summed E-state index contributed by atoms with van der Waals surface area (Å²) in [4.78, 5) is 17.1. The first kappa shape index (κ1) is 38.6. The molecule has 5 fully saturated rings. The maximum atomic E-state index is 14.3. The molecule has 5 aliphatic carbocycles. The van der Waals surface area contributed by atoms with Gasteiger partial charge in [0.2, 0.25) is 5.91 Å². The van der Waals surface area contributed by atoms with Crippen LogP contribution in [0.2, 0.25) is 0 Å². The molecule has 0 aliphatic heterocycles. The van der Waals surface area contributed by atoms with Gasteiger partial charge in [0.15, 0.2) is 0 Å². The summed E-state index contributed by atoms with van der Waals surface area (Å²) < 4.78 is 16.8. The third-order valence-corrected chi connectivity index (χ3v) is 15.6. The molecule has 1 amide bonds. The van der Waals surface area contributed by atoms with Crippen molar-refractivity contribution in [2.24, 2.45) is 61.8 Å². The molecular formula is C40H68N4O5. The van der Waals surface area contributed by atoms with Crippen molar-refractivity contribution in [2.45, 2.75) is 125 Å². The average molecular weight is 685 g/mol. The molecule has 0 saturated heterocycles. The summed E-state index contributed by atoms with van der Waals surface area (Å²) in [6, 6.07) is 0. The zero-order valence-corrected chi connectivity index (χ0v) is 31.7. The fraction of sp³-hybridized carbons (Fsp3) is 0.925. The van der Waals surface area contributed by atoms with Gasteiger partial charge in [-0.25, -0.2) is 0 Å². The number of allylic oxidation sites excluding steroid dienone is 1. The van der Waals surface area contributed by atoms with Crippen LogP contribution in [0, 0.1) is 56.7 Å². The lowest BCUT2D eigenvalue weighted by molar-refractivity contribution is -0.246. The second-order valence-electron chi connectivity index (χ2n) is 18.0. The van der Waals surface area contributed by atoms with Gasteiger partial charge in [-0.3, -0.25) is 4.79 Å². The number of ether oxygens (including phenoxy) is 3. The Labute approximate surface area is 296 Å². The molecule has 9 heteroatoms. The van der Waals surface area contributed by atoms with Gasteiger partial charge in [-0.1, -0.05) is 51.9 Å². The number of azide groups is 1. The molecule has 49 heavy (non-hydrogen) atoms. The highest BCUT2D eigenvalue weighted by Gasteiger charge is 2.71. The van der Waals surface area contributed by atoms with Gasteiger partial charge in [-0.05, 0) is 141 Å². The molecule has 0 bridgehead atoms. The van der Waals surface area contributed by atoms with Crippen LogP contribution in [0.4, 0.5) is 0 Å². The van der Waals surface area contributed by atoms with Crippen LogP contribution in [-0.4, -0.2) is 69.8 Å². The molecular weight excluding hydrogens is 616 g/mol. The monoisotopic (exact) mass is 685 g/mol. The minimum absolute atomic E-state index is 0.0343. The molecule has 9 nitrogen and oxygen atoms in total. The Morgan fingerprint density at radius 1 is 0.837 bits per heavy atom. The zero-order chi connectivity index (χ0) is 35.5. The fourth-order valence-corrected chi connectivity index (χ4v) is 12.9. The van der Waals surface area contributed by atoms with Gasteiger partial charge in [-0.2, -0.15) is 0 Å². The van der Waals surface area contributed by atoms with Crippen LogP contribution in [0.5, 0.6) is 0 Å². The number of nitrogens with zero attached hydrogens (tertiary/aromatic N) is 3. The maximum Gasteiger partial charge on any atom is 0.226 e. The normalized spacial score (nSPS) is 40.6. The van der Waals surface area contributed by atoms with E-state index in [2.05, 4.69) is 63.5 Å². The van der Waals surface area contributed by atoms with Gasteiger partial charge >= 0.3 is 0 Å². The van der Waals surface area contributed by atoms with Gasteiger partial charge in [0.1, 0.15) is 0 Å². The molecule has 5 rings (SSSR count). The summed E-state index contributed by atoms with van der Waals surface area (Å²) >= 11 is 0. The quantitative estimate of drug-likeness (QED) is 0.0557. The standard InChI is InChI=1S/C40H68N4O5/c1-28(2)29-12-17-40(35(46)42-20-8-22-47-24-26-49-27-25-48-23-9-21-43-44-41)19-18-38(6)30(34(29)40)10-11-32-37(5)15-14-33(45)36(3,4)31(37)13-16-39(32,38)7/h29-34,45H,1,8-27H2,2-7H3,(H,42,46)/t29-,30+,31-,32+,33-,34+,37-,38+,39+,40-/m0/s1. The minimum atomic E-state index is -0.297. The Kier molecular flexibility index (Phi) is 12.2. The van der Waals surface area contributed by atoms with Gasteiger partial charge in [-0.15, -0.1) is 0 Å². The first-order valence-corrected chi connectivity index (χ1v) is 19.7. The predicted molar refractivity (Wildman–Crippen MR) is 194 cm³/mol. The number of aliphatic hydroxyl groups is 1. The van der Waals surface area contributed by atoms with Crippen LogP contribution in [-0.2, 0) is 19.0 Å².